The number of ether oxygens (including phenoxy) is 1. The van der Waals surface area contributed by atoms with E-state index in [1.54, 1.807) is 11.0 Å². The molecule has 0 bridgehead atoms. The summed E-state index contributed by atoms with van der Waals surface area (Å²) in [5.41, 5.74) is 1.98. The number of para-hydroxylation sites is 1. The molecule has 5 heteroatoms. The number of anilines is 1. The maximum atomic E-state index is 13.3. The summed E-state index contributed by atoms with van der Waals surface area (Å²) in [4.78, 5) is 30.0. The molecule has 0 N–H and O–H groups in total. The number of hydrogen-bond acceptors (Lipinski definition) is 4. The first-order valence-corrected chi connectivity index (χ1v) is 10.8. The van der Waals surface area contributed by atoms with Crippen LogP contribution in [0.3, 0.4) is 0 Å². The van der Waals surface area contributed by atoms with Crippen LogP contribution >= 0.6 is 0 Å². The zero-order valence-electron chi connectivity index (χ0n) is 18.0. The lowest BCUT2D eigenvalue weighted by atomic mass is 9.90. The number of hydrogen-bond donors (Lipinski definition) is 0. The normalized spacial score (nSPS) is 20.3. The predicted octanol–water partition coefficient (Wildman–Crippen LogP) is 4.91. The van der Waals surface area contributed by atoms with Gasteiger partial charge in [-0.1, -0.05) is 42.5 Å². The molecule has 4 rings (SSSR count). The van der Waals surface area contributed by atoms with Crippen molar-refractivity contribution in [2.24, 2.45) is 5.92 Å². The van der Waals surface area contributed by atoms with E-state index < -0.39 is 17.9 Å². The minimum absolute atomic E-state index is 0.0158. The molecule has 1 fully saturated rings. The van der Waals surface area contributed by atoms with Gasteiger partial charge in [0.2, 0.25) is 5.78 Å². The molecule has 1 amide bonds. The Morgan fingerprint density at radius 2 is 1.63 bits per heavy atom. The van der Waals surface area contributed by atoms with Gasteiger partial charge in [-0.05, 0) is 63.6 Å². The van der Waals surface area contributed by atoms with Gasteiger partial charge in [0.05, 0.1) is 5.69 Å². The van der Waals surface area contributed by atoms with E-state index in [0.717, 1.165) is 32.4 Å². The van der Waals surface area contributed by atoms with E-state index in [2.05, 4.69) is 29.2 Å². The molecule has 0 spiro atoms. The summed E-state index contributed by atoms with van der Waals surface area (Å²) in [6.07, 6.45) is 2.00. The van der Waals surface area contributed by atoms with E-state index in [0.29, 0.717) is 17.2 Å². The molecular formula is C25H30N2O3. The third kappa shape index (κ3) is 4.26. The summed E-state index contributed by atoms with van der Waals surface area (Å²) in [7, 11) is 0. The third-order valence-electron chi connectivity index (χ3n) is 5.86. The van der Waals surface area contributed by atoms with Crippen molar-refractivity contribution in [2.75, 3.05) is 18.0 Å². The zero-order valence-corrected chi connectivity index (χ0v) is 18.0. The maximum Gasteiger partial charge on any atom is 0.416 e. The molecular weight excluding hydrogens is 376 g/mol. The topological polar surface area (TPSA) is 49.9 Å². The van der Waals surface area contributed by atoms with E-state index in [1.165, 1.54) is 5.56 Å². The lowest BCUT2D eigenvalue weighted by molar-refractivity contribution is 0.0466. The molecule has 1 unspecified atom stereocenters. The number of ketones is 1. The van der Waals surface area contributed by atoms with Crippen molar-refractivity contribution >= 4 is 17.6 Å². The van der Waals surface area contributed by atoms with Crippen LogP contribution in [0.15, 0.2) is 54.6 Å². The van der Waals surface area contributed by atoms with Crippen LogP contribution in [0.4, 0.5) is 10.5 Å². The smallest absolute Gasteiger partial charge is 0.416 e. The molecule has 2 aromatic carbocycles. The van der Waals surface area contributed by atoms with Crippen molar-refractivity contribution in [3.05, 3.63) is 65.7 Å². The van der Waals surface area contributed by atoms with Crippen LogP contribution in [-0.2, 0) is 11.2 Å². The molecule has 2 aromatic rings. The van der Waals surface area contributed by atoms with Gasteiger partial charge in [-0.2, -0.15) is 0 Å². The molecule has 2 aliphatic heterocycles. The van der Waals surface area contributed by atoms with Gasteiger partial charge >= 0.3 is 6.09 Å². The number of carbonyl (C=O) groups excluding carboxylic acids is 2. The van der Waals surface area contributed by atoms with Crippen LogP contribution < -0.4 is 4.90 Å². The Kier molecular flexibility index (Phi) is 5.65. The number of rotatable bonds is 3. The highest BCUT2D eigenvalue weighted by molar-refractivity contribution is 6.16. The van der Waals surface area contributed by atoms with Crippen LogP contribution in [0, 0.1) is 5.92 Å². The van der Waals surface area contributed by atoms with Gasteiger partial charge in [0, 0.05) is 18.7 Å². The van der Waals surface area contributed by atoms with E-state index in [-0.39, 0.29) is 5.78 Å². The number of benzene rings is 2. The van der Waals surface area contributed by atoms with Gasteiger partial charge in [-0.15, -0.1) is 0 Å². The largest absolute Gasteiger partial charge is 0.443 e. The van der Waals surface area contributed by atoms with Crippen LogP contribution in [0.25, 0.3) is 0 Å². The Bertz CT molecular complexity index is 911. The zero-order chi connectivity index (χ0) is 21.3. The summed E-state index contributed by atoms with van der Waals surface area (Å²) in [5.74, 6) is 0.579. The van der Waals surface area contributed by atoms with Gasteiger partial charge in [-0.3, -0.25) is 14.6 Å². The second kappa shape index (κ2) is 8.23. The number of nitrogens with zero attached hydrogens (tertiary/aromatic N) is 2. The molecule has 0 saturated carbocycles. The molecule has 1 atom stereocenters. The Morgan fingerprint density at radius 1 is 1.00 bits per heavy atom. The quantitative estimate of drug-likeness (QED) is 0.727. The molecule has 2 aliphatic rings. The SMILES string of the molecule is CC(C)(C)OC(=O)N1c2ccccc2C(=O)C1N1CCC(Cc2ccccc2)CC1. The summed E-state index contributed by atoms with van der Waals surface area (Å²) >= 11 is 0. The van der Waals surface area contributed by atoms with Crippen molar-refractivity contribution in [2.45, 2.75) is 51.8 Å². The number of piperidine rings is 1. The summed E-state index contributed by atoms with van der Waals surface area (Å²) in [6, 6.07) is 17.9. The molecule has 158 valence electrons. The fourth-order valence-electron chi connectivity index (χ4n) is 4.47. The fraction of sp³-hybridized carbons (Fsp3) is 0.440. The average Bonchev–Trinajstić information content (AvgIpc) is 3.01. The number of fused-ring (bicyclic) bond motifs is 1. The summed E-state index contributed by atoms with van der Waals surface area (Å²) in [6.45, 7) is 7.12. The minimum Gasteiger partial charge on any atom is -0.443 e. The summed E-state index contributed by atoms with van der Waals surface area (Å²) in [5, 5.41) is 0. The Labute approximate surface area is 178 Å². The highest BCUT2D eigenvalue weighted by Crippen LogP contribution is 2.36. The van der Waals surface area contributed by atoms with Crippen LogP contribution in [0.5, 0.6) is 0 Å². The van der Waals surface area contributed by atoms with Gasteiger partial charge in [0.15, 0.2) is 6.17 Å². The lowest BCUT2D eigenvalue weighted by Gasteiger charge is -2.39. The molecule has 5 nitrogen and oxygen atoms in total. The standard InChI is InChI=1S/C25H30N2O3/c1-25(2,3)30-24(29)27-21-12-8-7-11-20(21)22(28)23(27)26-15-13-19(14-16-26)17-18-9-5-4-6-10-18/h4-12,19,23H,13-17H2,1-3H3. The third-order valence-corrected chi connectivity index (χ3v) is 5.86. The predicted molar refractivity (Wildman–Crippen MR) is 118 cm³/mol. The first-order chi connectivity index (χ1) is 14.3. The first-order valence-electron chi connectivity index (χ1n) is 10.8. The van der Waals surface area contributed by atoms with Gasteiger partial charge in [-0.25, -0.2) is 4.79 Å². The Hall–Kier alpha value is -2.66. The van der Waals surface area contributed by atoms with E-state index >= 15 is 0 Å². The second-order valence-electron chi connectivity index (χ2n) is 9.27. The number of likely N-dealkylation sites (tertiary alicyclic amines) is 1. The number of carbonyl (C=O) groups is 2. The highest BCUT2D eigenvalue weighted by Gasteiger charge is 2.46. The van der Waals surface area contributed by atoms with E-state index in [9.17, 15) is 9.59 Å². The Balaban J connectivity index is 1.51. The number of Topliss-reactive ketones (excluding diaryl/α,β-unsaturated/α-hetero) is 1. The van der Waals surface area contributed by atoms with Crippen molar-refractivity contribution in [1.82, 2.24) is 4.90 Å². The van der Waals surface area contributed by atoms with Crippen LogP contribution in [-0.4, -0.2) is 41.6 Å². The second-order valence-corrected chi connectivity index (χ2v) is 9.27. The van der Waals surface area contributed by atoms with Crippen molar-refractivity contribution in [3.63, 3.8) is 0 Å². The molecule has 0 aliphatic carbocycles. The van der Waals surface area contributed by atoms with Crippen molar-refractivity contribution in [1.29, 1.82) is 0 Å². The highest BCUT2D eigenvalue weighted by atomic mass is 16.6. The Morgan fingerprint density at radius 3 is 2.30 bits per heavy atom. The first kappa shape index (κ1) is 20.6. The van der Waals surface area contributed by atoms with Crippen LogP contribution in [0.2, 0.25) is 0 Å². The minimum atomic E-state index is -0.620. The molecule has 30 heavy (non-hydrogen) atoms. The monoisotopic (exact) mass is 406 g/mol. The molecule has 0 aromatic heterocycles. The summed E-state index contributed by atoms with van der Waals surface area (Å²) < 4.78 is 5.66. The maximum absolute atomic E-state index is 13.3. The average molecular weight is 407 g/mol. The lowest BCUT2D eigenvalue weighted by Crippen LogP contribution is -2.55. The van der Waals surface area contributed by atoms with Crippen molar-refractivity contribution in [3.8, 4) is 0 Å². The fourth-order valence-corrected chi connectivity index (χ4v) is 4.47. The van der Waals surface area contributed by atoms with Crippen molar-refractivity contribution < 1.29 is 14.3 Å². The molecule has 2 heterocycles. The van der Waals surface area contributed by atoms with Gasteiger partial charge in [0.1, 0.15) is 5.60 Å². The molecule has 0 radical (unpaired) electrons. The number of amides is 1. The van der Waals surface area contributed by atoms with E-state index in [4.69, 9.17) is 4.74 Å². The van der Waals surface area contributed by atoms with Gasteiger partial charge < -0.3 is 4.74 Å². The molecule has 1 saturated heterocycles. The van der Waals surface area contributed by atoms with Crippen LogP contribution in [0.1, 0.15) is 49.5 Å². The van der Waals surface area contributed by atoms with E-state index in [1.807, 2.05) is 45.0 Å². The van der Waals surface area contributed by atoms with Gasteiger partial charge in [0.25, 0.3) is 0 Å².